The maximum Gasteiger partial charge on any atom is 0.164 e. The lowest BCUT2D eigenvalue weighted by molar-refractivity contribution is 0.549. The predicted octanol–water partition coefficient (Wildman–Crippen LogP) is 14.3. The zero-order valence-electron chi connectivity index (χ0n) is 35.1. The van der Waals surface area contributed by atoms with Crippen molar-refractivity contribution in [1.82, 2.24) is 15.0 Å². The van der Waals surface area contributed by atoms with Crippen molar-refractivity contribution >= 4 is 11.8 Å². The molecule has 0 fully saturated rings. The van der Waals surface area contributed by atoms with Gasteiger partial charge in [-0.1, -0.05) is 215 Å². The lowest BCUT2D eigenvalue weighted by atomic mass is 9.54. The first-order valence-electron chi connectivity index (χ1n) is 21.5. The standard InChI is InChI=1S/C58H43N3S/c1-56(2)43-25-11-10-22-39(43)40-34-33-37(35-50(40)56)54-59-53(36-19-6-5-7-20-36)60-55(61-54)42-23-9-8-21-38(42)41-24-18-31-49-52(41)62-51-32-17-16-30-48(51)58(49)46-28-14-12-26-44(46)57(3,4)45-27-13-15-29-47(45)58/h5-35H,1-4H3. The van der Waals surface area contributed by atoms with E-state index in [4.69, 9.17) is 15.0 Å². The largest absolute Gasteiger partial charge is 0.208 e. The molecule has 0 atom stereocenters. The normalized spacial score (nSPS) is 15.4. The first-order chi connectivity index (χ1) is 30.3. The summed E-state index contributed by atoms with van der Waals surface area (Å²) in [6.07, 6.45) is 0. The summed E-state index contributed by atoms with van der Waals surface area (Å²) in [6.45, 7) is 9.39. The summed E-state index contributed by atoms with van der Waals surface area (Å²) in [4.78, 5) is 18.4. The van der Waals surface area contributed by atoms with Crippen molar-refractivity contribution in [3.8, 4) is 56.4 Å². The maximum atomic E-state index is 5.39. The fourth-order valence-electron chi connectivity index (χ4n) is 11.0. The van der Waals surface area contributed by atoms with E-state index in [1.165, 1.54) is 65.4 Å². The van der Waals surface area contributed by atoms with E-state index in [1.807, 2.05) is 30.0 Å². The van der Waals surface area contributed by atoms with Gasteiger partial charge < -0.3 is 0 Å². The molecular formula is C58H43N3S. The van der Waals surface area contributed by atoms with Crippen molar-refractivity contribution in [2.24, 2.45) is 0 Å². The highest BCUT2D eigenvalue weighted by molar-refractivity contribution is 7.99. The molecule has 0 unspecified atom stereocenters. The van der Waals surface area contributed by atoms with Crippen LogP contribution >= 0.6 is 11.8 Å². The van der Waals surface area contributed by atoms with Crippen LogP contribution in [0.3, 0.4) is 0 Å². The molecule has 0 saturated carbocycles. The van der Waals surface area contributed by atoms with Gasteiger partial charge in [-0.25, -0.2) is 15.0 Å². The summed E-state index contributed by atoms with van der Waals surface area (Å²) in [5.74, 6) is 1.96. The third kappa shape index (κ3) is 5.17. The Labute approximate surface area is 367 Å². The second-order valence-corrected chi connectivity index (χ2v) is 18.9. The topological polar surface area (TPSA) is 38.7 Å². The molecule has 2 heterocycles. The van der Waals surface area contributed by atoms with E-state index in [2.05, 4.69) is 198 Å². The molecule has 62 heavy (non-hydrogen) atoms. The molecule has 1 aromatic heterocycles. The minimum atomic E-state index is -0.521. The molecule has 1 aliphatic heterocycles. The summed E-state index contributed by atoms with van der Waals surface area (Å²) >= 11 is 1.88. The van der Waals surface area contributed by atoms with Crippen molar-refractivity contribution in [2.75, 3.05) is 0 Å². The maximum absolute atomic E-state index is 5.39. The van der Waals surface area contributed by atoms with Crippen LogP contribution in [-0.2, 0) is 16.2 Å². The lowest BCUT2D eigenvalue weighted by Crippen LogP contribution is -2.43. The molecule has 0 amide bonds. The van der Waals surface area contributed by atoms with Crippen LogP contribution in [0.1, 0.15) is 72.2 Å². The lowest BCUT2D eigenvalue weighted by Gasteiger charge is -2.50. The van der Waals surface area contributed by atoms with Gasteiger partial charge in [0.1, 0.15) is 0 Å². The second kappa shape index (κ2) is 13.6. The molecule has 12 rings (SSSR count). The summed E-state index contributed by atoms with van der Waals surface area (Å²) < 4.78 is 0. The zero-order chi connectivity index (χ0) is 41.8. The molecule has 3 aliphatic rings. The number of nitrogens with zero attached hydrogens (tertiary/aromatic N) is 3. The summed E-state index contributed by atoms with van der Waals surface area (Å²) in [6, 6.07) is 68.7. The SMILES string of the molecule is CC1(C)c2ccccc2-c2ccc(-c3nc(-c4ccccc4)nc(-c4ccccc4-c4cccc5c4Sc4ccccc4C54c5ccccc5C(C)(C)c5ccccc54)n3)cc21. The molecule has 0 saturated heterocycles. The number of hydrogen-bond acceptors (Lipinski definition) is 4. The van der Waals surface area contributed by atoms with Crippen LogP contribution in [-0.4, -0.2) is 15.0 Å². The molecule has 1 spiro atoms. The van der Waals surface area contributed by atoms with Gasteiger partial charge in [0.2, 0.25) is 0 Å². The highest BCUT2D eigenvalue weighted by atomic mass is 32.2. The quantitative estimate of drug-likeness (QED) is 0.177. The van der Waals surface area contributed by atoms with Gasteiger partial charge in [0.05, 0.1) is 5.41 Å². The molecule has 0 bridgehead atoms. The molecular weight excluding hydrogens is 771 g/mol. The molecule has 4 heteroatoms. The van der Waals surface area contributed by atoms with Crippen LogP contribution in [0.25, 0.3) is 56.4 Å². The van der Waals surface area contributed by atoms with Crippen LogP contribution in [0.4, 0.5) is 0 Å². The number of aromatic nitrogens is 3. The van der Waals surface area contributed by atoms with Gasteiger partial charge in [-0.2, -0.15) is 0 Å². The summed E-state index contributed by atoms with van der Waals surface area (Å²) in [5.41, 5.74) is 17.6. The van der Waals surface area contributed by atoms with Crippen LogP contribution in [0.2, 0.25) is 0 Å². The van der Waals surface area contributed by atoms with E-state index in [0.29, 0.717) is 17.5 Å². The minimum Gasteiger partial charge on any atom is -0.208 e. The summed E-state index contributed by atoms with van der Waals surface area (Å²) in [7, 11) is 0. The Kier molecular flexibility index (Phi) is 8.08. The Morgan fingerprint density at radius 2 is 0.806 bits per heavy atom. The predicted molar refractivity (Wildman–Crippen MR) is 254 cm³/mol. The number of fused-ring (bicyclic) bond motifs is 11. The third-order valence-corrected chi connectivity index (χ3v) is 15.1. The fourth-order valence-corrected chi connectivity index (χ4v) is 12.3. The van der Waals surface area contributed by atoms with Crippen LogP contribution < -0.4 is 0 Å². The Hall–Kier alpha value is -6.88. The molecule has 2 aliphatic carbocycles. The molecule has 3 nitrogen and oxygen atoms in total. The first-order valence-corrected chi connectivity index (χ1v) is 22.3. The highest BCUT2D eigenvalue weighted by Gasteiger charge is 2.52. The Morgan fingerprint density at radius 1 is 0.323 bits per heavy atom. The van der Waals surface area contributed by atoms with Crippen molar-refractivity contribution < 1.29 is 0 Å². The molecule has 296 valence electrons. The van der Waals surface area contributed by atoms with E-state index in [9.17, 15) is 0 Å². The van der Waals surface area contributed by atoms with Crippen molar-refractivity contribution in [3.63, 3.8) is 0 Å². The van der Waals surface area contributed by atoms with E-state index < -0.39 is 5.41 Å². The van der Waals surface area contributed by atoms with Gasteiger partial charge in [0.25, 0.3) is 0 Å². The fraction of sp³-hybridized carbons (Fsp3) is 0.121. The molecule has 9 aromatic rings. The van der Waals surface area contributed by atoms with E-state index >= 15 is 0 Å². The summed E-state index contributed by atoms with van der Waals surface area (Å²) in [5, 5.41) is 0. The van der Waals surface area contributed by atoms with Gasteiger partial charge in [0.15, 0.2) is 17.5 Å². The average Bonchev–Trinajstić information content (AvgIpc) is 3.55. The van der Waals surface area contributed by atoms with E-state index in [0.717, 1.165) is 27.8 Å². The monoisotopic (exact) mass is 813 g/mol. The molecule has 0 N–H and O–H groups in total. The highest BCUT2D eigenvalue weighted by Crippen LogP contribution is 2.63. The van der Waals surface area contributed by atoms with Crippen molar-refractivity contribution in [2.45, 2.75) is 53.7 Å². The van der Waals surface area contributed by atoms with Gasteiger partial charge in [-0.05, 0) is 78.9 Å². The van der Waals surface area contributed by atoms with Gasteiger partial charge >= 0.3 is 0 Å². The van der Waals surface area contributed by atoms with Crippen LogP contribution in [0.15, 0.2) is 198 Å². The average molecular weight is 814 g/mol. The minimum absolute atomic E-state index is 0.151. The van der Waals surface area contributed by atoms with E-state index in [1.54, 1.807) is 0 Å². The van der Waals surface area contributed by atoms with Crippen LogP contribution in [0, 0.1) is 0 Å². The Balaban J connectivity index is 1.09. The smallest absolute Gasteiger partial charge is 0.164 e. The first kappa shape index (κ1) is 36.9. The van der Waals surface area contributed by atoms with Gasteiger partial charge in [-0.3, -0.25) is 0 Å². The number of hydrogen-bond donors (Lipinski definition) is 0. The Bertz CT molecular complexity index is 3240. The third-order valence-electron chi connectivity index (χ3n) is 13.9. The van der Waals surface area contributed by atoms with Crippen molar-refractivity contribution in [3.05, 3.63) is 233 Å². The zero-order valence-corrected chi connectivity index (χ0v) is 36.0. The second-order valence-electron chi connectivity index (χ2n) is 17.9. The van der Waals surface area contributed by atoms with Crippen molar-refractivity contribution in [1.29, 1.82) is 0 Å². The molecule has 8 aromatic carbocycles. The molecule has 0 radical (unpaired) electrons. The number of benzene rings is 8. The number of rotatable bonds is 4. The van der Waals surface area contributed by atoms with Gasteiger partial charge in [-0.15, -0.1) is 0 Å². The van der Waals surface area contributed by atoms with E-state index in [-0.39, 0.29) is 10.8 Å². The van der Waals surface area contributed by atoms with Crippen LogP contribution in [0.5, 0.6) is 0 Å². The Morgan fingerprint density at radius 3 is 1.52 bits per heavy atom. The van der Waals surface area contributed by atoms with Gasteiger partial charge in [0, 0.05) is 37.3 Å².